The summed E-state index contributed by atoms with van der Waals surface area (Å²) in [6.07, 6.45) is 7.93. The van der Waals surface area contributed by atoms with Crippen LogP contribution in [0.25, 0.3) is 16.8 Å². The topological polar surface area (TPSA) is 116 Å². The highest BCUT2D eigenvalue weighted by Crippen LogP contribution is 2.52. The summed E-state index contributed by atoms with van der Waals surface area (Å²) in [5.41, 5.74) is 0.0901. The smallest absolute Gasteiger partial charge is 0.249 e. The molecule has 1 aliphatic heterocycles. The van der Waals surface area contributed by atoms with Crippen molar-refractivity contribution in [1.29, 1.82) is 10.5 Å². The van der Waals surface area contributed by atoms with E-state index in [1.54, 1.807) is 18.6 Å². The predicted molar refractivity (Wildman–Crippen MR) is 97.5 cm³/mol. The average molecular weight is 390 g/mol. The Morgan fingerprint density at radius 3 is 2.79 bits per heavy atom. The summed E-state index contributed by atoms with van der Waals surface area (Å²) in [5.74, 6) is -0.709. The summed E-state index contributed by atoms with van der Waals surface area (Å²) in [6, 6.07) is 4.23. The molecule has 0 radical (unpaired) electrons. The zero-order chi connectivity index (χ0) is 20.2. The van der Waals surface area contributed by atoms with Gasteiger partial charge in [0, 0.05) is 18.3 Å². The van der Waals surface area contributed by atoms with Crippen molar-refractivity contribution < 1.29 is 9.18 Å². The molecule has 0 aromatic carbocycles. The van der Waals surface area contributed by atoms with Crippen LogP contribution in [-0.2, 0) is 11.3 Å². The molecule has 0 N–H and O–H groups in total. The van der Waals surface area contributed by atoms with Gasteiger partial charge in [0.2, 0.25) is 5.91 Å². The standard InChI is InChI=1S/C19H15FN8O/c20-14-8-24-28-10-15(12-7-23-26(9-12)6-4-21)25-17(16(14)28)27-5-3-19(11-22,18(27)29)13-1-2-13/h7-10,13H,1-3,5-6H2/t19-/m1/s1. The minimum absolute atomic E-state index is 0.0585. The van der Waals surface area contributed by atoms with E-state index in [0.717, 1.165) is 19.0 Å². The number of nitrogens with zero attached hydrogens (tertiary/aromatic N) is 8. The maximum Gasteiger partial charge on any atom is 0.249 e. The highest BCUT2D eigenvalue weighted by molar-refractivity contribution is 6.04. The molecule has 4 heterocycles. The second-order valence-electron chi connectivity index (χ2n) is 7.38. The molecule has 1 saturated heterocycles. The van der Waals surface area contributed by atoms with Crippen LogP contribution in [0.4, 0.5) is 10.2 Å². The molecule has 10 heteroatoms. The second kappa shape index (κ2) is 6.11. The van der Waals surface area contributed by atoms with Crippen molar-refractivity contribution in [1.82, 2.24) is 24.4 Å². The van der Waals surface area contributed by atoms with Gasteiger partial charge in [0.1, 0.15) is 17.5 Å². The van der Waals surface area contributed by atoms with Gasteiger partial charge in [0.05, 0.1) is 36.4 Å². The fourth-order valence-electron chi connectivity index (χ4n) is 4.03. The molecule has 2 aliphatic rings. The van der Waals surface area contributed by atoms with Crippen LogP contribution in [0, 0.1) is 39.8 Å². The molecule has 3 aromatic heterocycles. The van der Waals surface area contributed by atoms with Crippen molar-refractivity contribution >= 4 is 17.2 Å². The Balaban J connectivity index is 1.63. The van der Waals surface area contributed by atoms with E-state index < -0.39 is 11.2 Å². The maximum atomic E-state index is 14.5. The first-order chi connectivity index (χ1) is 14.1. The number of hydrogen-bond donors (Lipinski definition) is 0. The van der Waals surface area contributed by atoms with Crippen LogP contribution < -0.4 is 4.90 Å². The van der Waals surface area contributed by atoms with Crippen molar-refractivity contribution in [2.45, 2.75) is 25.8 Å². The Morgan fingerprint density at radius 2 is 2.07 bits per heavy atom. The number of carbonyl (C=O) groups is 1. The lowest BCUT2D eigenvalue weighted by Gasteiger charge is -2.21. The minimum atomic E-state index is -1.05. The summed E-state index contributed by atoms with van der Waals surface area (Å²) < 4.78 is 17.3. The fourth-order valence-corrected chi connectivity index (χ4v) is 4.03. The molecule has 0 unspecified atom stereocenters. The van der Waals surface area contributed by atoms with E-state index >= 15 is 0 Å². The number of amides is 1. The first-order valence-electron chi connectivity index (χ1n) is 9.24. The Kier molecular flexibility index (Phi) is 3.65. The molecule has 1 atom stereocenters. The first-order valence-corrected chi connectivity index (χ1v) is 9.24. The quantitative estimate of drug-likeness (QED) is 0.672. The summed E-state index contributed by atoms with van der Waals surface area (Å²) in [6.45, 7) is 0.384. The third kappa shape index (κ3) is 2.49. The molecule has 144 valence electrons. The van der Waals surface area contributed by atoms with Gasteiger partial charge in [0.25, 0.3) is 0 Å². The molecule has 9 nitrogen and oxygen atoms in total. The van der Waals surface area contributed by atoms with Crippen molar-refractivity contribution in [2.24, 2.45) is 11.3 Å². The Hall–Kier alpha value is -3.79. The number of halogens is 1. The van der Waals surface area contributed by atoms with Crippen LogP contribution in [0.15, 0.2) is 24.8 Å². The van der Waals surface area contributed by atoms with Crippen LogP contribution in [0.1, 0.15) is 19.3 Å². The fraction of sp³-hybridized carbons (Fsp3) is 0.368. The largest absolute Gasteiger partial charge is 0.293 e. The Morgan fingerprint density at radius 1 is 1.24 bits per heavy atom. The van der Waals surface area contributed by atoms with E-state index in [1.807, 2.05) is 6.07 Å². The minimum Gasteiger partial charge on any atom is -0.293 e. The number of carbonyl (C=O) groups excluding carboxylic acids is 1. The first kappa shape index (κ1) is 17.3. The van der Waals surface area contributed by atoms with Crippen LogP contribution in [0.3, 0.4) is 0 Å². The number of anilines is 1. The number of aromatic nitrogens is 5. The van der Waals surface area contributed by atoms with E-state index in [9.17, 15) is 14.4 Å². The summed E-state index contributed by atoms with van der Waals surface area (Å²) in [5, 5.41) is 26.7. The lowest BCUT2D eigenvalue weighted by Crippen LogP contribution is -2.36. The van der Waals surface area contributed by atoms with Crippen LogP contribution in [0.5, 0.6) is 0 Å². The Bertz CT molecular complexity index is 1230. The molecule has 5 rings (SSSR count). The number of nitriles is 2. The lowest BCUT2D eigenvalue weighted by atomic mass is 9.83. The lowest BCUT2D eigenvalue weighted by molar-refractivity contribution is -0.123. The van der Waals surface area contributed by atoms with E-state index in [-0.39, 0.29) is 29.7 Å². The van der Waals surface area contributed by atoms with Gasteiger partial charge in [-0.1, -0.05) is 0 Å². The van der Waals surface area contributed by atoms with Gasteiger partial charge in [-0.05, 0) is 25.2 Å². The zero-order valence-electron chi connectivity index (χ0n) is 15.3. The maximum absolute atomic E-state index is 14.5. The van der Waals surface area contributed by atoms with E-state index in [1.165, 1.54) is 14.1 Å². The van der Waals surface area contributed by atoms with Gasteiger partial charge in [-0.15, -0.1) is 0 Å². The SMILES string of the molecule is N#CCn1cc(-c2cn3ncc(F)c3c(N3CC[C@@](C#N)(C4CC4)C3=O)n2)cn1. The predicted octanol–water partition coefficient (Wildman–Crippen LogP) is 1.91. The molecule has 0 bridgehead atoms. The molecule has 1 amide bonds. The molecule has 2 fully saturated rings. The van der Waals surface area contributed by atoms with E-state index in [0.29, 0.717) is 24.2 Å². The van der Waals surface area contributed by atoms with Gasteiger partial charge in [-0.25, -0.2) is 13.9 Å². The van der Waals surface area contributed by atoms with Crippen LogP contribution >= 0.6 is 0 Å². The van der Waals surface area contributed by atoms with Gasteiger partial charge >= 0.3 is 0 Å². The zero-order valence-corrected chi connectivity index (χ0v) is 15.3. The molecule has 1 saturated carbocycles. The molecule has 1 aliphatic carbocycles. The van der Waals surface area contributed by atoms with E-state index in [2.05, 4.69) is 21.3 Å². The number of rotatable bonds is 4. The third-order valence-corrected chi connectivity index (χ3v) is 5.68. The number of fused-ring (bicyclic) bond motifs is 1. The van der Waals surface area contributed by atoms with Crippen molar-refractivity contribution in [3.8, 4) is 23.4 Å². The molecular formula is C19H15FN8O. The van der Waals surface area contributed by atoms with Crippen molar-refractivity contribution in [2.75, 3.05) is 11.4 Å². The molecular weight excluding hydrogens is 375 g/mol. The number of hydrogen-bond acceptors (Lipinski definition) is 6. The van der Waals surface area contributed by atoms with Crippen molar-refractivity contribution in [3.63, 3.8) is 0 Å². The van der Waals surface area contributed by atoms with E-state index in [4.69, 9.17) is 5.26 Å². The summed E-state index contributed by atoms with van der Waals surface area (Å²) >= 11 is 0. The highest BCUT2D eigenvalue weighted by atomic mass is 19.1. The summed E-state index contributed by atoms with van der Waals surface area (Å²) in [4.78, 5) is 19.2. The van der Waals surface area contributed by atoms with Gasteiger partial charge in [0.15, 0.2) is 11.6 Å². The van der Waals surface area contributed by atoms with Crippen LogP contribution in [-0.4, -0.2) is 36.8 Å². The summed E-state index contributed by atoms with van der Waals surface area (Å²) in [7, 11) is 0. The van der Waals surface area contributed by atoms with Gasteiger partial charge < -0.3 is 0 Å². The third-order valence-electron chi connectivity index (χ3n) is 5.68. The second-order valence-corrected chi connectivity index (χ2v) is 7.38. The monoisotopic (exact) mass is 390 g/mol. The van der Waals surface area contributed by atoms with Gasteiger partial charge in [-0.2, -0.15) is 20.7 Å². The van der Waals surface area contributed by atoms with Gasteiger partial charge in [-0.3, -0.25) is 14.4 Å². The molecule has 3 aromatic rings. The Labute approximate surface area is 164 Å². The van der Waals surface area contributed by atoms with Crippen LogP contribution in [0.2, 0.25) is 0 Å². The highest BCUT2D eigenvalue weighted by Gasteiger charge is 2.57. The van der Waals surface area contributed by atoms with Crippen molar-refractivity contribution in [3.05, 3.63) is 30.6 Å². The average Bonchev–Trinajstić information content (AvgIpc) is 3.21. The normalized spacial score (nSPS) is 21.5. The molecule has 0 spiro atoms. The molecule has 29 heavy (non-hydrogen) atoms.